The lowest BCUT2D eigenvalue weighted by Crippen LogP contribution is -2.32. The van der Waals surface area contributed by atoms with Crippen molar-refractivity contribution in [2.45, 2.75) is 91.2 Å². The molecular weight excluding hydrogens is 424 g/mol. The number of aliphatic hydroxyl groups is 2. The molecule has 0 aliphatic rings. The second-order valence-corrected chi connectivity index (χ2v) is 8.99. The zero-order chi connectivity index (χ0) is 25.4. The van der Waals surface area contributed by atoms with Gasteiger partial charge in [0.1, 0.15) is 11.3 Å². The average Bonchev–Trinajstić information content (AvgIpc) is 3.29. The van der Waals surface area contributed by atoms with E-state index in [1.54, 1.807) is 0 Å². The predicted molar refractivity (Wildman–Crippen MR) is 139 cm³/mol. The molecule has 0 saturated carbocycles. The summed E-state index contributed by atoms with van der Waals surface area (Å²) in [7, 11) is 0. The van der Waals surface area contributed by atoms with Gasteiger partial charge in [0.2, 0.25) is 0 Å². The van der Waals surface area contributed by atoms with Gasteiger partial charge in [-0.15, -0.1) is 0 Å². The quantitative estimate of drug-likeness (QED) is 0.324. The Morgan fingerprint density at radius 3 is 2.24 bits per heavy atom. The topological polar surface area (TPSA) is 74.5 Å². The molecule has 2 rings (SSSR count). The molecule has 0 saturated heterocycles. The van der Waals surface area contributed by atoms with E-state index in [9.17, 15) is 9.90 Å². The number of carbonyl (C=O) groups is 1. The number of carbonyl (C=O) groups excluding carboxylic acids is 1. The van der Waals surface area contributed by atoms with Gasteiger partial charge in [-0.05, 0) is 75.3 Å². The summed E-state index contributed by atoms with van der Waals surface area (Å²) in [5.41, 5.74) is 3.84. The summed E-state index contributed by atoms with van der Waals surface area (Å²) in [5.74, 6) is 6.16. The zero-order valence-corrected chi connectivity index (χ0v) is 21.8. The smallest absolute Gasteiger partial charge is 0.267 e. The number of aliphatic hydroxyl groups excluding tert-OH is 1. The van der Waals surface area contributed by atoms with Crippen molar-refractivity contribution in [2.24, 2.45) is 0 Å². The van der Waals surface area contributed by atoms with Crippen molar-refractivity contribution in [3.05, 3.63) is 58.4 Å². The lowest BCUT2D eigenvalue weighted by atomic mass is 9.72. The Labute approximate surface area is 205 Å². The molecule has 0 radical (unpaired) electrons. The molecule has 0 fully saturated rings. The van der Waals surface area contributed by atoms with Gasteiger partial charge in [0.15, 0.2) is 0 Å². The molecule has 0 atom stereocenters. The van der Waals surface area contributed by atoms with Crippen molar-refractivity contribution in [3.8, 4) is 11.8 Å². The minimum atomic E-state index is -0.947. The second-order valence-electron chi connectivity index (χ2n) is 8.99. The molecule has 34 heavy (non-hydrogen) atoms. The van der Waals surface area contributed by atoms with E-state index in [-0.39, 0.29) is 17.9 Å². The van der Waals surface area contributed by atoms with Crippen LogP contribution < -0.4 is 5.32 Å². The van der Waals surface area contributed by atoms with Gasteiger partial charge in [-0.25, -0.2) is 0 Å². The van der Waals surface area contributed by atoms with Crippen LogP contribution in [0, 0.1) is 18.8 Å². The van der Waals surface area contributed by atoms with Gasteiger partial charge in [-0.1, -0.05) is 51.7 Å². The number of benzene rings is 1. The molecule has 2 aromatic rings. The number of hydrogen-bond acceptors (Lipinski definition) is 3. The number of rotatable bonds is 11. The van der Waals surface area contributed by atoms with Crippen molar-refractivity contribution in [1.82, 2.24) is 9.88 Å². The van der Waals surface area contributed by atoms with Gasteiger partial charge in [-0.2, -0.15) is 0 Å². The summed E-state index contributed by atoms with van der Waals surface area (Å²) in [5, 5.41) is 22.5. The van der Waals surface area contributed by atoms with Crippen molar-refractivity contribution < 1.29 is 15.0 Å². The number of aromatic nitrogens is 1. The maximum Gasteiger partial charge on any atom is 0.267 e. The Morgan fingerprint density at radius 1 is 1.03 bits per heavy atom. The van der Waals surface area contributed by atoms with Crippen LogP contribution in [0.4, 0.5) is 0 Å². The van der Waals surface area contributed by atoms with Crippen molar-refractivity contribution >= 4 is 5.91 Å². The fourth-order valence-electron chi connectivity index (χ4n) is 4.68. The Hall–Kier alpha value is -2.55. The van der Waals surface area contributed by atoms with Crippen LogP contribution in [0.15, 0.2) is 30.3 Å². The molecule has 1 heterocycles. The second kappa shape index (κ2) is 12.2. The summed E-state index contributed by atoms with van der Waals surface area (Å²) < 4.78 is 2.12. The average molecular weight is 467 g/mol. The first-order chi connectivity index (χ1) is 16.3. The van der Waals surface area contributed by atoms with Crippen LogP contribution in [-0.2, 0) is 12.0 Å². The summed E-state index contributed by atoms with van der Waals surface area (Å²) in [6.45, 7) is 13.7. The summed E-state index contributed by atoms with van der Waals surface area (Å²) in [6.07, 6.45) is 3.55. The Balaban J connectivity index is 2.51. The third-order valence-corrected chi connectivity index (χ3v) is 7.23. The van der Waals surface area contributed by atoms with Crippen LogP contribution >= 0.6 is 0 Å². The van der Waals surface area contributed by atoms with E-state index in [1.165, 1.54) is 5.56 Å². The van der Waals surface area contributed by atoms with Crippen LogP contribution in [0.3, 0.4) is 0 Å². The van der Waals surface area contributed by atoms with Crippen molar-refractivity contribution in [3.63, 3.8) is 0 Å². The zero-order valence-electron chi connectivity index (χ0n) is 21.8. The van der Waals surface area contributed by atoms with Crippen LogP contribution in [0.25, 0.3) is 0 Å². The van der Waals surface area contributed by atoms with E-state index >= 15 is 0 Å². The Bertz CT molecular complexity index is 1020. The first-order valence-electron chi connectivity index (χ1n) is 12.7. The fourth-order valence-corrected chi connectivity index (χ4v) is 4.68. The van der Waals surface area contributed by atoms with Crippen LogP contribution in [0.5, 0.6) is 0 Å². The predicted octanol–water partition coefficient (Wildman–Crippen LogP) is 4.94. The van der Waals surface area contributed by atoms with Crippen LogP contribution in [-0.4, -0.2) is 39.4 Å². The molecule has 1 aromatic carbocycles. The van der Waals surface area contributed by atoms with E-state index in [4.69, 9.17) is 5.11 Å². The number of amides is 1. The lowest BCUT2D eigenvalue weighted by Gasteiger charge is -2.34. The Kier molecular flexibility index (Phi) is 9.97. The monoisotopic (exact) mass is 466 g/mol. The summed E-state index contributed by atoms with van der Waals surface area (Å²) in [4.78, 5) is 12.8. The standard InChI is InChI=1S/C29H42N2O3/c1-7-28(34,8-2)18-17-23-13-14-24(21-22(23)6)29(9-3,10-4)26-16-15-25(31(26)11-5)27(33)30-19-12-20-32/h13-16,21,32,34H,7-12,19-20H2,1-6H3,(H,30,33). The minimum absolute atomic E-state index is 0.0605. The number of aryl methyl sites for hydroxylation is 1. The summed E-state index contributed by atoms with van der Waals surface area (Å²) >= 11 is 0. The van der Waals surface area contributed by atoms with E-state index < -0.39 is 5.60 Å². The van der Waals surface area contributed by atoms with E-state index in [1.807, 2.05) is 19.9 Å². The number of nitrogens with one attached hydrogen (secondary N) is 1. The van der Waals surface area contributed by atoms with Crippen molar-refractivity contribution in [1.29, 1.82) is 0 Å². The molecule has 0 bridgehead atoms. The van der Waals surface area contributed by atoms with Crippen LogP contribution in [0.2, 0.25) is 0 Å². The third-order valence-electron chi connectivity index (χ3n) is 7.23. The van der Waals surface area contributed by atoms with Gasteiger partial charge < -0.3 is 20.1 Å². The van der Waals surface area contributed by atoms with Gasteiger partial charge in [-0.3, -0.25) is 4.79 Å². The van der Waals surface area contributed by atoms with Gasteiger partial charge in [0.05, 0.1) is 0 Å². The maximum absolute atomic E-state index is 12.8. The molecule has 1 amide bonds. The molecular formula is C29H42N2O3. The SMILES string of the molecule is CCn1c(C(=O)NCCCO)ccc1C(CC)(CC)c1ccc(C#CC(O)(CC)CC)c(C)c1. The molecule has 0 spiro atoms. The molecule has 0 aliphatic carbocycles. The largest absolute Gasteiger partial charge is 0.396 e. The highest BCUT2D eigenvalue weighted by Crippen LogP contribution is 2.40. The highest BCUT2D eigenvalue weighted by Gasteiger charge is 2.35. The Morgan fingerprint density at radius 2 is 1.71 bits per heavy atom. The van der Waals surface area contributed by atoms with E-state index in [2.05, 4.69) is 73.7 Å². The highest BCUT2D eigenvalue weighted by atomic mass is 16.3. The van der Waals surface area contributed by atoms with E-state index in [0.717, 1.165) is 29.7 Å². The fraction of sp³-hybridized carbons (Fsp3) is 0.552. The molecule has 5 nitrogen and oxygen atoms in total. The minimum Gasteiger partial charge on any atom is -0.396 e. The van der Waals surface area contributed by atoms with Crippen molar-refractivity contribution in [2.75, 3.05) is 13.2 Å². The molecule has 5 heteroatoms. The third kappa shape index (κ3) is 5.74. The van der Waals surface area contributed by atoms with Gasteiger partial charge in [0.25, 0.3) is 5.91 Å². The van der Waals surface area contributed by atoms with Gasteiger partial charge in [0, 0.05) is 36.4 Å². The molecule has 0 aliphatic heterocycles. The molecule has 0 unspecified atom stereocenters. The first-order valence-corrected chi connectivity index (χ1v) is 12.7. The highest BCUT2D eigenvalue weighted by molar-refractivity contribution is 5.93. The number of hydrogen-bond donors (Lipinski definition) is 3. The maximum atomic E-state index is 12.8. The molecule has 1 aromatic heterocycles. The normalized spacial score (nSPS) is 11.8. The first kappa shape index (κ1) is 27.7. The van der Waals surface area contributed by atoms with Crippen LogP contribution in [0.1, 0.15) is 99.6 Å². The van der Waals surface area contributed by atoms with E-state index in [0.29, 0.717) is 38.0 Å². The lowest BCUT2D eigenvalue weighted by molar-refractivity contribution is 0.0928. The molecule has 186 valence electrons. The van der Waals surface area contributed by atoms with Gasteiger partial charge >= 0.3 is 0 Å². The molecule has 3 N–H and O–H groups in total. The number of nitrogens with zero attached hydrogens (tertiary/aromatic N) is 1. The summed E-state index contributed by atoms with van der Waals surface area (Å²) in [6, 6.07) is 10.4.